The average molecular weight is 252 g/mol. The first kappa shape index (κ1) is 11.7. The van der Waals surface area contributed by atoms with Gasteiger partial charge in [0, 0.05) is 18.5 Å². The van der Waals surface area contributed by atoms with Crippen LogP contribution in [0.1, 0.15) is 38.5 Å². The van der Waals surface area contributed by atoms with Gasteiger partial charge in [0.2, 0.25) is 10.0 Å². The molecule has 0 spiro atoms. The fraction of sp³-hybridized carbons (Fsp3) is 1.00. The Balaban J connectivity index is 2.15. The minimum Gasteiger partial charge on any atom is -0.212 e. The molecule has 0 aromatic rings. The monoisotopic (exact) mass is 251 g/mol. The van der Waals surface area contributed by atoms with E-state index in [9.17, 15) is 8.42 Å². The van der Waals surface area contributed by atoms with E-state index < -0.39 is 10.0 Å². The summed E-state index contributed by atoms with van der Waals surface area (Å²) in [6.45, 7) is 0.677. The quantitative estimate of drug-likeness (QED) is 0.720. The number of rotatable bonds is 3. The molecule has 0 radical (unpaired) electrons. The summed E-state index contributed by atoms with van der Waals surface area (Å²) in [5.41, 5.74) is 0. The van der Waals surface area contributed by atoms with Crippen molar-refractivity contribution in [3.8, 4) is 0 Å². The van der Waals surface area contributed by atoms with Crippen molar-refractivity contribution in [3.05, 3.63) is 0 Å². The van der Waals surface area contributed by atoms with Crippen LogP contribution in [-0.2, 0) is 10.0 Å². The first-order valence-corrected chi connectivity index (χ1v) is 7.76. The zero-order valence-corrected chi connectivity index (χ0v) is 10.4. The Morgan fingerprint density at radius 3 is 2.47 bits per heavy atom. The van der Waals surface area contributed by atoms with E-state index in [-0.39, 0.29) is 11.3 Å². The molecular weight excluding hydrogens is 234 g/mol. The highest BCUT2D eigenvalue weighted by Gasteiger charge is 2.42. The lowest BCUT2D eigenvalue weighted by Crippen LogP contribution is -2.42. The molecular formula is C10H18ClNO2S. The minimum atomic E-state index is -3.02. The fourth-order valence-corrected chi connectivity index (χ4v) is 4.69. The number of halogens is 1. The molecule has 0 N–H and O–H groups in total. The van der Waals surface area contributed by atoms with Crippen LogP contribution >= 0.6 is 11.6 Å². The van der Waals surface area contributed by atoms with Crippen molar-refractivity contribution >= 4 is 21.6 Å². The zero-order chi connectivity index (χ0) is 10.9. The third kappa shape index (κ3) is 2.48. The summed E-state index contributed by atoms with van der Waals surface area (Å²) in [5.74, 6) is 0.436. The summed E-state index contributed by atoms with van der Waals surface area (Å²) in [5, 5.41) is -0.0960. The molecule has 0 bridgehead atoms. The molecule has 0 aromatic heterocycles. The largest absolute Gasteiger partial charge is 0.217 e. The highest BCUT2D eigenvalue weighted by molar-refractivity contribution is 7.90. The second-order valence-electron chi connectivity index (χ2n) is 4.51. The maximum atomic E-state index is 12.1. The highest BCUT2D eigenvalue weighted by atomic mass is 35.5. The summed E-state index contributed by atoms with van der Waals surface area (Å²) in [6, 6.07) is 0.0415. The number of hydrogen-bond acceptors (Lipinski definition) is 2. The van der Waals surface area contributed by atoms with Crippen LogP contribution in [-0.4, -0.2) is 36.4 Å². The highest BCUT2D eigenvalue weighted by Crippen LogP contribution is 2.34. The van der Waals surface area contributed by atoms with E-state index in [1.54, 1.807) is 4.31 Å². The van der Waals surface area contributed by atoms with Crippen molar-refractivity contribution < 1.29 is 8.42 Å². The molecule has 1 aliphatic heterocycles. The van der Waals surface area contributed by atoms with Crippen molar-refractivity contribution in [2.45, 2.75) is 49.8 Å². The molecule has 1 saturated carbocycles. The standard InChI is InChI=1S/C10H18ClNO2S/c11-8-9-4-2-1-3-7-12(9)15(13,14)10-5-6-10/h9-10H,1-8H2. The summed E-state index contributed by atoms with van der Waals surface area (Å²) in [4.78, 5) is 0. The van der Waals surface area contributed by atoms with E-state index in [4.69, 9.17) is 11.6 Å². The maximum absolute atomic E-state index is 12.1. The predicted molar refractivity (Wildman–Crippen MR) is 61.6 cm³/mol. The van der Waals surface area contributed by atoms with Crippen LogP contribution in [0.3, 0.4) is 0 Å². The van der Waals surface area contributed by atoms with Crippen LogP contribution in [0.5, 0.6) is 0 Å². The molecule has 2 aliphatic rings. The second kappa shape index (κ2) is 4.60. The lowest BCUT2D eigenvalue weighted by Gasteiger charge is -2.27. The van der Waals surface area contributed by atoms with E-state index in [0.29, 0.717) is 12.4 Å². The SMILES string of the molecule is O=S(=O)(C1CC1)N1CCCCCC1CCl. The van der Waals surface area contributed by atoms with Crippen molar-refractivity contribution in [2.75, 3.05) is 12.4 Å². The topological polar surface area (TPSA) is 37.4 Å². The summed E-state index contributed by atoms with van der Waals surface area (Å²) < 4.78 is 26.0. The van der Waals surface area contributed by atoms with Crippen LogP contribution in [0.25, 0.3) is 0 Å². The van der Waals surface area contributed by atoms with Crippen LogP contribution in [0.15, 0.2) is 0 Å². The molecule has 0 amide bonds. The van der Waals surface area contributed by atoms with Gasteiger partial charge in [0.25, 0.3) is 0 Å². The zero-order valence-electron chi connectivity index (χ0n) is 8.86. The number of alkyl halides is 1. The Kier molecular flexibility index (Phi) is 3.58. The first-order valence-electron chi connectivity index (χ1n) is 5.73. The van der Waals surface area contributed by atoms with Gasteiger partial charge >= 0.3 is 0 Å². The summed E-state index contributed by atoms with van der Waals surface area (Å²) in [7, 11) is -3.02. The van der Waals surface area contributed by atoms with Gasteiger partial charge in [0.05, 0.1) is 5.25 Å². The third-order valence-corrected chi connectivity index (χ3v) is 6.08. The lowest BCUT2D eigenvalue weighted by atomic mass is 10.1. The molecule has 2 rings (SSSR count). The van der Waals surface area contributed by atoms with Crippen molar-refractivity contribution in [1.82, 2.24) is 4.31 Å². The van der Waals surface area contributed by atoms with E-state index in [0.717, 1.165) is 38.5 Å². The Morgan fingerprint density at radius 1 is 1.13 bits per heavy atom. The average Bonchev–Trinajstić information content (AvgIpc) is 3.04. The van der Waals surface area contributed by atoms with Crippen LogP contribution in [0, 0.1) is 0 Å². The van der Waals surface area contributed by atoms with Crippen LogP contribution in [0.4, 0.5) is 0 Å². The fourth-order valence-electron chi connectivity index (χ4n) is 2.20. The smallest absolute Gasteiger partial charge is 0.212 e. The minimum absolute atomic E-state index is 0.0415. The Morgan fingerprint density at radius 2 is 1.87 bits per heavy atom. The Bertz CT molecular complexity index is 313. The number of nitrogens with zero attached hydrogens (tertiary/aromatic N) is 1. The molecule has 0 aromatic carbocycles. The Hall–Kier alpha value is 0.200. The molecule has 3 nitrogen and oxygen atoms in total. The first-order chi connectivity index (χ1) is 7.16. The summed E-state index contributed by atoms with van der Waals surface area (Å²) >= 11 is 5.87. The molecule has 1 unspecified atom stereocenters. The second-order valence-corrected chi connectivity index (χ2v) is 6.99. The molecule has 5 heteroatoms. The van der Waals surface area contributed by atoms with Gasteiger partial charge < -0.3 is 0 Å². The van der Waals surface area contributed by atoms with Crippen molar-refractivity contribution in [3.63, 3.8) is 0 Å². The maximum Gasteiger partial charge on any atom is 0.217 e. The summed E-state index contributed by atoms with van der Waals surface area (Å²) in [6.07, 6.45) is 5.83. The normalized spacial score (nSPS) is 30.1. The van der Waals surface area contributed by atoms with Gasteiger partial charge in [-0.15, -0.1) is 11.6 Å². The number of sulfonamides is 1. The van der Waals surface area contributed by atoms with E-state index >= 15 is 0 Å². The lowest BCUT2D eigenvalue weighted by molar-refractivity contribution is 0.344. The van der Waals surface area contributed by atoms with Gasteiger partial charge in [0.1, 0.15) is 0 Å². The van der Waals surface area contributed by atoms with E-state index in [2.05, 4.69) is 0 Å². The van der Waals surface area contributed by atoms with Crippen LogP contribution in [0.2, 0.25) is 0 Å². The van der Waals surface area contributed by atoms with Gasteiger partial charge in [-0.05, 0) is 25.7 Å². The molecule has 1 aliphatic carbocycles. The van der Waals surface area contributed by atoms with Gasteiger partial charge in [-0.2, -0.15) is 4.31 Å². The van der Waals surface area contributed by atoms with Crippen molar-refractivity contribution in [1.29, 1.82) is 0 Å². The van der Waals surface area contributed by atoms with Gasteiger partial charge in [-0.25, -0.2) is 8.42 Å². The number of hydrogen-bond donors (Lipinski definition) is 0. The molecule has 2 fully saturated rings. The van der Waals surface area contributed by atoms with Crippen LogP contribution < -0.4 is 0 Å². The van der Waals surface area contributed by atoms with Gasteiger partial charge in [-0.1, -0.05) is 12.8 Å². The molecule has 1 heterocycles. The van der Waals surface area contributed by atoms with Gasteiger partial charge in [-0.3, -0.25) is 0 Å². The molecule has 88 valence electrons. The predicted octanol–water partition coefficient (Wildman–Crippen LogP) is 1.96. The van der Waals surface area contributed by atoms with Gasteiger partial charge in [0.15, 0.2) is 0 Å². The molecule has 1 saturated heterocycles. The Labute approximate surface area is 96.8 Å². The molecule has 1 atom stereocenters. The third-order valence-electron chi connectivity index (χ3n) is 3.27. The van der Waals surface area contributed by atoms with Crippen molar-refractivity contribution in [2.24, 2.45) is 0 Å². The molecule has 15 heavy (non-hydrogen) atoms. The van der Waals surface area contributed by atoms with E-state index in [1.165, 1.54) is 0 Å². The van der Waals surface area contributed by atoms with E-state index in [1.807, 2.05) is 0 Å².